The standard InChI is InChI=1S/C23H43NO2/c1-2-3-4-5-6-7-8-9-10-11-12-13-14-15-22(26)24-20-16-23(17-20)18-21(25)19-23/h20-21,25H,2-19H2,1H3,(H,24,26). The monoisotopic (exact) mass is 365 g/mol. The fraction of sp³-hybridized carbons (Fsp3) is 0.957. The van der Waals surface area contributed by atoms with E-state index in [1.165, 1.54) is 77.0 Å². The smallest absolute Gasteiger partial charge is 0.220 e. The Morgan fingerprint density at radius 3 is 1.73 bits per heavy atom. The number of hydrogen-bond acceptors (Lipinski definition) is 2. The summed E-state index contributed by atoms with van der Waals surface area (Å²) < 4.78 is 0. The highest BCUT2D eigenvalue weighted by Gasteiger charge is 2.52. The van der Waals surface area contributed by atoms with Crippen molar-refractivity contribution >= 4 is 5.91 Å². The van der Waals surface area contributed by atoms with Gasteiger partial charge in [-0.15, -0.1) is 0 Å². The number of aliphatic hydroxyl groups is 1. The van der Waals surface area contributed by atoms with Crippen molar-refractivity contribution in [1.82, 2.24) is 5.32 Å². The summed E-state index contributed by atoms with van der Waals surface area (Å²) in [5.74, 6) is 0.243. The molecule has 0 saturated heterocycles. The van der Waals surface area contributed by atoms with Gasteiger partial charge in [0.1, 0.15) is 0 Å². The Morgan fingerprint density at radius 1 is 0.808 bits per heavy atom. The van der Waals surface area contributed by atoms with Crippen LogP contribution in [0.5, 0.6) is 0 Å². The molecule has 0 radical (unpaired) electrons. The summed E-state index contributed by atoms with van der Waals surface area (Å²) in [4.78, 5) is 12.0. The third kappa shape index (κ3) is 7.98. The highest BCUT2D eigenvalue weighted by Crippen LogP contribution is 2.55. The van der Waals surface area contributed by atoms with Crippen LogP contribution in [0, 0.1) is 5.41 Å². The zero-order chi connectivity index (χ0) is 18.7. The highest BCUT2D eigenvalue weighted by molar-refractivity contribution is 5.76. The number of unbranched alkanes of at least 4 members (excludes halogenated alkanes) is 12. The quantitative estimate of drug-likeness (QED) is 0.356. The van der Waals surface area contributed by atoms with Crippen molar-refractivity contribution in [3.8, 4) is 0 Å². The van der Waals surface area contributed by atoms with E-state index in [4.69, 9.17) is 0 Å². The largest absolute Gasteiger partial charge is 0.393 e. The zero-order valence-electron chi connectivity index (χ0n) is 17.2. The van der Waals surface area contributed by atoms with Crippen LogP contribution in [0.3, 0.4) is 0 Å². The van der Waals surface area contributed by atoms with E-state index in [1.54, 1.807) is 0 Å². The lowest BCUT2D eigenvalue weighted by Crippen LogP contribution is -2.57. The average molecular weight is 366 g/mol. The van der Waals surface area contributed by atoms with E-state index in [0.29, 0.717) is 17.9 Å². The van der Waals surface area contributed by atoms with E-state index < -0.39 is 0 Å². The molecule has 0 atom stereocenters. The van der Waals surface area contributed by atoms with Crippen molar-refractivity contribution in [1.29, 1.82) is 0 Å². The average Bonchev–Trinajstić information content (AvgIpc) is 2.56. The van der Waals surface area contributed by atoms with Gasteiger partial charge in [-0.1, -0.05) is 84.0 Å². The first-order valence-corrected chi connectivity index (χ1v) is 11.6. The Morgan fingerprint density at radius 2 is 1.27 bits per heavy atom. The second-order valence-corrected chi connectivity index (χ2v) is 9.23. The van der Waals surface area contributed by atoms with Gasteiger partial charge in [0.05, 0.1) is 6.10 Å². The van der Waals surface area contributed by atoms with Crippen LogP contribution in [-0.4, -0.2) is 23.2 Å². The normalized spacial score (nSPS) is 27.2. The molecule has 0 heterocycles. The molecular formula is C23H43NO2. The molecule has 2 N–H and O–H groups in total. The summed E-state index contributed by atoms with van der Waals surface area (Å²) >= 11 is 0. The summed E-state index contributed by atoms with van der Waals surface area (Å²) in [6.07, 6.45) is 22.2. The maximum Gasteiger partial charge on any atom is 0.220 e. The number of amides is 1. The number of rotatable bonds is 15. The fourth-order valence-electron chi connectivity index (χ4n) is 4.96. The van der Waals surface area contributed by atoms with Crippen LogP contribution in [0.15, 0.2) is 0 Å². The Labute approximate surface area is 161 Å². The molecule has 1 spiro atoms. The van der Waals surface area contributed by atoms with Crippen LogP contribution >= 0.6 is 0 Å². The van der Waals surface area contributed by atoms with Crippen LogP contribution in [0.1, 0.15) is 122 Å². The minimum absolute atomic E-state index is 0.0718. The Bertz CT molecular complexity index is 382. The van der Waals surface area contributed by atoms with Gasteiger partial charge in [-0.2, -0.15) is 0 Å². The molecule has 3 nitrogen and oxygen atoms in total. The molecule has 0 aromatic carbocycles. The molecule has 0 unspecified atom stereocenters. The van der Waals surface area contributed by atoms with Crippen LogP contribution in [0.2, 0.25) is 0 Å². The molecule has 2 rings (SSSR count). The zero-order valence-corrected chi connectivity index (χ0v) is 17.2. The molecule has 2 aliphatic carbocycles. The Hall–Kier alpha value is -0.570. The molecule has 2 fully saturated rings. The van der Waals surface area contributed by atoms with Crippen molar-refractivity contribution in [3.05, 3.63) is 0 Å². The molecule has 26 heavy (non-hydrogen) atoms. The summed E-state index contributed by atoms with van der Waals surface area (Å²) in [7, 11) is 0. The molecule has 2 aliphatic rings. The molecule has 152 valence electrons. The summed E-state index contributed by atoms with van der Waals surface area (Å²) in [5, 5.41) is 12.6. The lowest BCUT2D eigenvalue weighted by molar-refractivity contribution is -0.128. The van der Waals surface area contributed by atoms with Gasteiger partial charge < -0.3 is 10.4 Å². The maximum atomic E-state index is 12.0. The van der Waals surface area contributed by atoms with Crippen LogP contribution in [-0.2, 0) is 4.79 Å². The van der Waals surface area contributed by atoms with E-state index in [0.717, 1.165) is 32.1 Å². The van der Waals surface area contributed by atoms with Gasteiger partial charge in [-0.3, -0.25) is 4.79 Å². The first kappa shape index (κ1) is 21.7. The predicted molar refractivity (Wildman–Crippen MR) is 109 cm³/mol. The van der Waals surface area contributed by atoms with Gasteiger partial charge in [0.15, 0.2) is 0 Å². The second-order valence-electron chi connectivity index (χ2n) is 9.23. The topological polar surface area (TPSA) is 49.3 Å². The minimum atomic E-state index is -0.0718. The number of aliphatic hydroxyl groups excluding tert-OH is 1. The van der Waals surface area contributed by atoms with Gasteiger partial charge in [0, 0.05) is 12.5 Å². The lowest BCUT2D eigenvalue weighted by Gasteiger charge is -2.56. The molecule has 2 saturated carbocycles. The lowest BCUT2D eigenvalue weighted by atomic mass is 9.53. The number of nitrogens with one attached hydrogen (secondary N) is 1. The Balaban J connectivity index is 1.28. The van der Waals surface area contributed by atoms with Gasteiger partial charge in [-0.25, -0.2) is 0 Å². The van der Waals surface area contributed by atoms with Gasteiger partial charge in [-0.05, 0) is 37.5 Å². The van der Waals surface area contributed by atoms with Crippen molar-refractivity contribution in [2.24, 2.45) is 5.41 Å². The van der Waals surface area contributed by atoms with Crippen LogP contribution in [0.4, 0.5) is 0 Å². The van der Waals surface area contributed by atoms with Crippen LogP contribution < -0.4 is 5.32 Å². The van der Waals surface area contributed by atoms with Gasteiger partial charge in [0.2, 0.25) is 5.91 Å². The number of hydrogen-bond donors (Lipinski definition) is 2. The summed E-state index contributed by atoms with van der Waals surface area (Å²) in [5.41, 5.74) is 0.396. The Kier molecular flexibility index (Phi) is 10.0. The summed E-state index contributed by atoms with van der Waals surface area (Å²) in [6.45, 7) is 2.28. The molecular weight excluding hydrogens is 322 g/mol. The van der Waals surface area contributed by atoms with Crippen molar-refractivity contribution in [2.75, 3.05) is 0 Å². The summed E-state index contributed by atoms with van der Waals surface area (Å²) in [6, 6.07) is 0.386. The molecule has 1 amide bonds. The maximum absolute atomic E-state index is 12.0. The van der Waals surface area contributed by atoms with Crippen molar-refractivity contribution < 1.29 is 9.90 Å². The first-order chi connectivity index (χ1) is 12.6. The molecule has 0 aliphatic heterocycles. The van der Waals surface area contributed by atoms with E-state index in [1.807, 2.05) is 0 Å². The predicted octanol–water partition coefficient (Wildman–Crippen LogP) is 5.89. The third-order valence-corrected chi connectivity index (χ3v) is 6.57. The van der Waals surface area contributed by atoms with Gasteiger partial charge in [0.25, 0.3) is 0 Å². The van der Waals surface area contributed by atoms with Crippen molar-refractivity contribution in [2.45, 2.75) is 135 Å². The highest BCUT2D eigenvalue weighted by atomic mass is 16.3. The van der Waals surface area contributed by atoms with Crippen molar-refractivity contribution in [3.63, 3.8) is 0 Å². The second kappa shape index (κ2) is 12.0. The third-order valence-electron chi connectivity index (χ3n) is 6.57. The molecule has 0 aromatic rings. The number of carbonyl (C=O) groups excluding carboxylic acids is 1. The minimum Gasteiger partial charge on any atom is -0.393 e. The van der Waals surface area contributed by atoms with E-state index in [9.17, 15) is 9.90 Å². The number of carbonyl (C=O) groups is 1. The molecule has 0 bridgehead atoms. The van der Waals surface area contributed by atoms with Gasteiger partial charge >= 0.3 is 0 Å². The SMILES string of the molecule is CCCCCCCCCCCCCCCC(=O)NC1CC2(CC(O)C2)C1. The fourth-order valence-corrected chi connectivity index (χ4v) is 4.96. The van der Waals surface area contributed by atoms with E-state index >= 15 is 0 Å². The molecule has 0 aromatic heterocycles. The van der Waals surface area contributed by atoms with E-state index in [2.05, 4.69) is 12.2 Å². The first-order valence-electron chi connectivity index (χ1n) is 11.6. The van der Waals surface area contributed by atoms with E-state index in [-0.39, 0.29) is 12.0 Å². The van der Waals surface area contributed by atoms with Crippen LogP contribution in [0.25, 0.3) is 0 Å². The molecule has 3 heteroatoms.